The van der Waals surface area contributed by atoms with E-state index >= 15 is 0 Å². The van der Waals surface area contributed by atoms with E-state index in [0.717, 1.165) is 43.1 Å². The van der Waals surface area contributed by atoms with Crippen LogP contribution in [0, 0.1) is 11.3 Å². The van der Waals surface area contributed by atoms with Crippen molar-refractivity contribution >= 4 is 45.6 Å². The van der Waals surface area contributed by atoms with Crippen molar-refractivity contribution in [3.63, 3.8) is 0 Å². The number of anilines is 1. The molecule has 16 heteroatoms. The number of carbonyl (C=O) groups excluding carboxylic acids is 3. The van der Waals surface area contributed by atoms with Crippen LogP contribution < -0.4 is 15.8 Å². The first-order valence-corrected chi connectivity index (χ1v) is 13.2. The summed E-state index contributed by atoms with van der Waals surface area (Å²) < 4.78 is 47.6. The lowest BCUT2D eigenvalue weighted by molar-refractivity contribution is -0.274. The molecule has 2 aliphatic heterocycles. The molecule has 0 spiro atoms. The molecule has 2 saturated heterocycles. The number of ether oxygens (including phenoxy) is 2. The Hall–Kier alpha value is -3.37. The molecule has 0 saturated carbocycles. The lowest BCUT2D eigenvalue weighted by Crippen LogP contribution is -2.47. The van der Waals surface area contributed by atoms with E-state index in [1.54, 1.807) is 4.90 Å². The Morgan fingerprint density at radius 3 is 2.40 bits per heavy atom. The van der Waals surface area contributed by atoms with Crippen LogP contribution in [0.5, 0.6) is 5.75 Å². The first-order valence-electron chi connectivity index (χ1n) is 12.4. The summed E-state index contributed by atoms with van der Waals surface area (Å²) in [6.07, 6.45) is -4.02. The lowest BCUT2D eigenvalue weighted by atomic mass is 9.97. The van der Waals surface area contributed by atoms with Gasteiger partial charge >= 0.3 is 12.3 Å². The number of likely N-dealkylation sites (N-methyl/N-ethyl adjacent to an activating group) is 1. The molecule has 0 atom stereocenters. The summed E-state index contributed by atoms with van der Waals surface area (Å²) in [5, 5.41) is 10.4. The summed E-state index contributed by atoms with van der Waals surface area (Å²) in [6, 6.07) is 3.03. The summed E-state index contributed by atoms with van der Waals surface area (Å²) in [6.45, 7) is 3.55. The third kappa shape index (κ3) is 9.38. The number of rotatable bonds is 6. The summed E-state index contributed by atoms with van der Waals surface area (Å²) in [5.74, 6) is -2.67. The fourth-order valence-corrected chi connectivity index (χ4v) is 4.85. The quantitative estimate of drug-likeness (QED) is 0.255. The molecule has 2 fully saturated rings. The highest BCUT2D eigenvalue weighted by Crippen LogP contribution is 2.32. The van der Waals surface area contributed by atoms with Gasteiger partial charge in [0.1, 0.15) is 0 Å². The summed E-state index contributed by atoms with van der Waals surface area (Å²) in [4.78, 5) is 46.4. The molecule has 12 nitrogen and oxygen atoms in total. The van der Waals surface area contributed by atoms with Crippen LogP contribution in [-0.4, -0.2) is 109 Å². The van der Waals surface area contributed by atoms with Crippen LogP contribution in [0.2, 0.25) is 0 Å². The van der Waals surface area contributed by atoms with Crippen LogP contribution >= 0.6 is 11.8 Å². The van der Waals surface area contributed by atoms with E-state index in [4.69, 9.17) is 15.9 Å². The van der Waals surface area contributed by atoms with E-state index < -0.39 is 23.9 Å². The van der Waals surface area contributed by atoms with Crippen LogP contribution in [0.15, 0.2) is 23.2 Å². The van der Waals surface area contributed by atoms with Crippen molar-refractivity contribution in [3.05, 3.63) is 23.8 Å². The number of nitrogens with zero attached hydrogens (tertiary/aromatic N) is 4. The Morgan fingerprint density at radius 2 is 1.80 bits per heavy atom. The van der Waals surface area contributed by atoms with Gasteiger partial charge in [0.05, 0.1) is 25.3 Å². The molecule has 0 aromatic heterocycles. The van der Waals surface area contributed by atoms with Crippen LogP contribution in [0.25, 0.3) is 0 Å². The fraction of sp³-hybridized carbons (Fsp3) is 0.542. The van der Waals surface area contributed by atoms with Crippen LogP contribution in [0.4, 0.5) is 18.9 Å². The van der Waals surface area contributed by atoms with Gasteiger partial charge in [-0.05, 0) is 49.9 Å². The van der Waals surface area contributed by atoms with Crippen molar-refractivity contribution in [1.82, 2.24) is 14.7 Å². The number of alkyl halides is 3. The van der Waals surface area contributed by atoms with Gasteiger partial charge in [-0.15, -0.1) is 13.2 Å². The first-order chi connectivity index (χ1) is 18.8. The largest absolute Gasteiger partial charge is 0.573 e. The second kappa shape index (κ2) is 13.8. The number of piperazine rings is 1. The van der Waals surface area contributed by atoms with Crippen molar-refractivity contribution in [2.45, 2.75) is 19.2 Å². The van der Waals surface area contributed by atoms with Crippen LogP contribution in [0.1, 0.15) is 23.2 Å². The number of likely N-dealkylation sites (tertiary alicyclic amines) is 1. The summed E-state index contributed by atoms with van der Waals surface area (Å²) in [5.41, 5.74) is 5.38. The molecule has 1 aromatic rings. The van der Waals surface area contributed by atoms with Gasteiger partial charge in [0.15, 0.2) is 16.1 Å². The highest BCUT2D eigenvalue weighted by Gasteiger charge is 2.33. The number of esters is 1. The van der Waals surface area contributed by atoms with Gasteiger partial charge in [-0.1, -0.05) is 0 Å². The zero-order valence-corrected chi connectivity index (χ0v) is 22.9. The monoisotopic (exact) mass is 587 g/mol. The maximum atomic E-state index is 13.0. The Morgan fingerprint density at radius 1 is 1.15 bits per heavy atom. The first kappa shape index (κ1) is 31.2. The fourth-order valence-electron chi connectivity index (χ4n) is 4.21. The number of amides is 2. The molecule has 2 heterocycles. The normalized spacial score (nSPS) is 17.8. The Labute approximate surface area is 233 Å². The molecule has 3 rings (SSSR count). The Bertz CT molecular complexity index is 1130. The number of halogens is 3. The minimum Gasteiger partial charge on any atom is -0.469 e. The van der Waals surface area contributed by atoms with E-state index in [-0.39, 0.29) is 40.0 Å². The molecule has 220 valence electrons. The Balaban J connectivity index is 1.66. The van der Waals surface area contributed by atoms with Crippen LogP contribution in [0.3, 0.4) is 0 Å². The highest BCUT2D eigenvalue weighted by atomic mass is 32.2. The number of benzene rings is 1. The number of piperidine rings is 1. The molecule has 2 amide bonds. The predicted octanol–water partition coefficient (Wildman–Crippen LogP) is 1.78. The number of amidine groups is 2. The molecule has 2 aliphatic rings. The second-order valence-electron chi connectivity index (χ2n) is 9.33. The third-order valence-corrected chi connectivity index (χ3v) is 7.17. The molecule has 1 aromatic carbocycles. The van der Waals surface area contributed by atoms with Gasteiger partial charge < -0.3 is 30.3 Å². The Kier molecular flexibility index (Phi) is 10.8. The molecule has 40 heavy (non-hydrogen) atoms. The van der Waals surface area contributed by atoms with Crippen LogP contribution in [-0.2, 0) is 14.3 Å². The molecule has 0 radical (unpaired) electrons. The summed E-state index contributed by atoms with van der Waals surface area (Å²) in [7, 11) is 3.27. The lowest BCUT2D eigenvalue weighted by Gasteiger charge is -2.31. The number of nitrogens with two attached hydrogens (primary N) is 1. The van der Waals surface area contributed by atoms with Crippen molar-refractivity contribution in [2.24, 2.45) is 16.6 Å². The third-order valence-electron chi connectivity index (χ3n) is 6.42. The molecule has 0 unspecified atom stereocenters. The van der Waals surface area contributed by atoms with Gasteiger partial charge in [0.2, 0.25) is 5.91 Å². The molecular weight excluding hydrogens is 555 g/mol. The molecular formula is C24H32F3N7O5S. The zero-order chi connectivity index (χ0) is 29.4. The maximum Gasteiger partial charge on any atom is 0.573 e. The van der Waals surface area contributed by atoms with Crippen molar-refractivity contribution in [1.29, 1.82) is 5.41 Å². The topological polar surface area (TPSA) is 154 Å². The second-order valence-corrected chi connectivity index (χ2v) is 10.3. The number of methoxy groups -OCH3 is 1. The van der Waals surface area contributed by atoms with Crippen molar-refractivity contribution in [2.75, 3.05) is 65.3 Å². The average molecular weight is 588 g/mol. The van der Waals surface area contributed by atoms with Crippen molar-refractivity contribution in [3.8, 4) is 5.75 Å². The molecule has 0 bridgehead atoms. The van der Waals surface area contributed by atoms with E-state index in [0.29, 0.717) is 39.0 Å². The number of thioether (sulfide) groups is 1. The highest BCUT2D eigenvalue weighted by molar-refractivity contribution is 8.26. The number of carbonyl (C=O) groups is 3. The van der Waals surface area contributed by atoms with Gasteiger partial charge in [0.25, 0.3) is 5.91 Å². The van der Waals surface area contributed by atoms with Gasteiger partial charge in [-0.2, -0.15) is 4.99 Å². The minimum absolute atomic E-state index is 0.0307. The predicted molar refractivity (Wildman–Crippen MR) is 143 cm³/mol. The van der Waals surface area contributed by atoms with E-state index in [9.17, 15) is 27.6 Å². The number of nitrogens with one attached hydrogen (secondary N) is 2. The van der Waals surface area contributed by atoms with E-state index in [1.807, 2.05) is 11.9 Å². The van der Waals surface area contributed by atoms with Gasteiger partial charge in [-0.25, -0.2) is 0 Å². The number of hydrogen-bond donors (Lipinski definition) is 3. The average Bonchev–Trinajstić information content (AvgIpc) is 2.89. The standard InChI is InChI=1S/C24H32F3N7O5S/c1-32-9-11-33(12-10-32)14-19(35)30-17-13-16(3-4-18(17)39-24(25,26)27)20(36)31-22(28)40-23(29)34-7-5-15(6-8-34)21(37)38-2/h3-4,13,15,29H,5-12,14H2,1-2H3,(H,30,35)(H2,28,31,36). The zero-order valence-electron chi connectivity index (χ0n) is 22.1. The number of aliphatic imine (C=N–C) groups is 1. The van der Waals surface area contributed by atoms with Gasteiger partial charge in [-0.3, -0.25) is 24.7 Å². The number of hydrogen-bond acceptors (Lipinski definition) is 9. The summed E-state index contributed by atoms with van der Waals surface area (Å²) >= 11 is 0.738. The molecule has 0 aliphatic carbocycles. The smallest absolute Gasteiger partial charge is 0.469 e. The SMILES string of the molecule is COC(=O)C1CCN(C(=N)SC(N)=NC(=O)c2ccc(OC(F)(F)F)c(NC(=O)CN3CCN(C)CC3)c2)CC1. The van der Waals surface area contributed by atoms with E-state index in [1.165, 1.54) is 7.11 Å². The molecule has 4 N–H and O–H groups in total. The van der Waals surface area contributed by atoms with E-state index in [2.05, 4.69) is 19.9 Å². The minimum atomic E-state index is -5.02. The van der Waals surface area contributed by atoms with Crippen molar-refractivity contribution < 1.29 is 37.0 Å². The maximum absolute atomic E-state index is 13.0. The van der Waals surface area contributed by atoms with Gasteiger partial charge in [0, 0.05) is 44.8 Å².